The van der Waals surface area contributed by atoms with Crippen LogP contribution in [-0.4, -0.2) is 23.1 Å². The van der Waals surface area contributed by atoms with Crippen LogP contribution in [0.3, 0.4) is 0 Å². The van der Waals surface area contributed by atoms with Crippen molar-refractivity contribution in [3.63, 3.8) is 0 Å². The molecule has 1 aliphatic heterocycles. The topological polar surface area (TPSA) is 18.5 Å². The van der Waals surface area contributed by atoms with Crippen LogP contribution in [-0.2, 0) is 9.31 Å². The molecule has 0 aromatic carbocycles. The summed E-state index contributed by atoms with van der Waals surface area (Å²) in [7, 11) is -0.0266. The van der Waals surface area contributed by atoms with Crippen molar-refractivity contribution in [3.8, 4) is 0 Å². The van der Waals surface area contributed by atoms with Crippen LogP contribution in [0.25, 0.3) is 0 Å². The number of hydrogen-bond donors (Lipinski definition) is 0. The molecule has 1 heterocycles. The highest BCUT2D eigenvalue weighted by molar-refractivity contribution is 9.09. The van der Waals surface area contributed by atoms with E-state index in [0.717, 1.165) is 12.7 Å². The smallest absolute Gasteiger partial charge is 0.403 e. The van der Waals surface area contributed by atoms with E-state index in [1.165, 1.54) is 6.42 Å². The van der Waals surface area contributed by atoms with Crippen molar-refractivity contribution in [1.82, 2.24) is 0 Å². The van der Waals surface area contributed by atoms with Gasteiger partial charge in [-0.1, -0.05) is 29.3 Å². The van der Waals surface area contributed by atoms with Crippen LogP contribution < -0.4 is 0 Å². The van der Waals surface area contributed by atoms with E-state index in [4.69, 9.17) is 9.31 Å². The van der Waals surface area contributed by atoms with Crippen molar-refractivity contribution in [2.45, 2.75) is 69.8 Å². The van der Waals surface area contributed by atoms with Gasteiger partial charge in [0.1, 0.15) is 0 Å². The quantitative estimate of drug-likeness (QED) is 0.577. The summed E-state index contributed by atoms with van der Waals surface area (Å²) >= 11 is 3.55. The van der Waals surface area contributed by atoms with Gasteiger partial charge in [-0.2, -0.15) is 0 Å². The van der Waals surface area contributed by atoms with Crippen LogP contribution in [0.5, 0.6) is 0 Å². The molecule has 0 bridgehead atoms. The summed E-state index contributed by atoms with van der Waals surface area (Å²) in [5.41, 5.74) is -0.366. The molecule has 0 aromatic rings. The average molecular weight is 277 g/mol. The monoisotopic (exact) mass is 276 g/mol. The third-order valence-electron chi connectivity index (χ3n) is 3.34. The van der Waals surface area contributed by atoms with Gasteiger partial charge < -0.3 is 9.31 Å². The van der Waals surface area contributed by atoms with Gasteiger partial charge in [0.2, 0.25) is 0 Å². The number of alkyl halides is 1. The van der Waals surface area contributed by atoms with Crippen molar-refractivity contribution in [2.75, 3.05) is 0 Å². The first kappa shape index (κ1) is 13.5. The molecule has 1 rings (SSSR count). The summed E-state index contributed by atoms with van der Waals surface area (Å²) in [6.07, 6.45) is 3.30. The molecular formula is C11H22BBrO2. The van der Waals surface area contributed by atoms with Gasteiger partial charge in [-0.15, -0.1) is 0 Å². The van der Waals surface area contributed by atoms with E-state index in [1.54, 1.807) is 0 Å². The van der Waals surface area contributed by atoms with Crippen LogP contribution in [0.4, 0.5) is 0 Å². The maximum atomic E-state index is 5.91. The van der Waals surface area contributed by atoms with Crippen molar-refractivity contribution < 1.29 is 9.31 Å². The zero-order valence-corrected chi connectivity index (χ0v) is 12.1. The first-order valence-electron chi connectivity index (χ1n) is 5.74. The van der Waals surface area contributed by atoms with Crippen molar-refractivity contribution >= 4 is 23.0 Å². The first-order chi connectivity index (χ1) is 6.74. The van der Waals surface area contributed by atoms with Crippen molar-refractivity contribution in [3.05, 3.63) is 0 Å². The fraction of sp³-hybridized carbons (Fsp3) is 1.00. The Morgan fingerprint density at radius 3 is 2.00 bits per heavy atom. The first-order valence-corrected chi connectivity index (χ1v) is 6.66. The minimum Gasteiger partial charge on any atom is -0.403 e. The minimum atomic E-state index is -0.183. The Balaban J connectivity index is 2.36. The molecule has 1 fully saturated rings. The number of hydrogen-bond acceptors (Lipinski definition) is 2. The zero-order valence-electron chi connectivity index (χ0n) is 10.5. The highest BCUT2D eigenvalue weighted by Crippen LogP contribution is 2.38. The van der Waals surface area contributed by atoms with Gasteiger partial charge in [-0.05, 0) is 40.4 Å². The second kappa shape index (κ2) is 4.76. The van der Waals surface area contributed by atoms with Gasteiger partial charge in [0, 0.05) is 4.83 Å². The van der Waals surface area contributed by atoms with Gasteiger partial charge in [-0.3, -0.25) is 0 Å². The van der Waals surface area contributed by atoms with Crippen LogP contribution in [0.2, 0.25) is 6.32 Å². The molecule has 1 saturated heterocycles. The van der Waals surface area contributed by atoms with Crippen molar-refractivity contribution in [1.29, 1.82) is 0 Å². The third kappa shape index (κ3) is 3.47. The molecule has 0 aliphatic carbocycles. The van der Waals surface area contributed by atoms with Crippen LogP contribution >= 0.6 is 15.9 Å². The molecule has 1 unspecified atom stereocenters. The van der Waals surface area contributed by atoms with E-state index in [2.05, 4.69) is 50.5 Å². The van der Waals surface area contributed by atoms with E-state index in [0.29, 0.717) is 4.83 Å². The fourth-order valence-corrected chi connectivity index (χ4v) is 1.97. The summed E-state index contributed by atoms with van der Waals surface area (Å²) in [6, 6.07) is 0. The second-order valence-electron chi connectivity index (χ2n) is 5.40. The Morgan fingerprint density at radius 1 is 1.13 bits per heavy atom. The summed E-state index contributed by atoms with van der Waals surface area (Å²) in [5.74, 6) is 0. The van der Waals surface area contributed by atoms with Gasteiger partial charge in [0.25, 0.3) is 0 Å². The Kier molecular flexibility index (Phi) is 4.30. The Morgan fingerprint density at radius 2 is 1.60 bits per heavy atom. The average Bonchev–Trinajstić information content (AvgIpc) is 2.19. The zero-order chi connectivity index (χ0) is 11.7. The van der Waals surface area contributed by atoms with Crippen LogP contribution in [0, 0.1) is 0 Å². The molecule has 88 valence electrons. The van der Waals surface area contributed by atoms with E-state index in [-0.39, 0.29) is 18.3 Å². The molecule has 1 atom stereocenters. The molecule has 15 heavy (non-hydrogen) atoms. The van der Waals surface area contributed by atoms with E-state index in [1.807, 2.05) is 0 Å². The molecule has 0 saturated carbocycles. The Labute approximate surface area is 102 Å². The maximum Gasteiger partial charge on any atom is 0.457 e. The summed E-state index contributed by atoms with van der Waals surface area (Å²) in [6.45, 7) is 10.6. The van der Waals surface area contributed by atoms with E-state index < -0.39 is 0 Å². The lowest BCUT2D eigenvalue weighted by Crippen LogP contribution is -2.41. The Bertz CT molecular complexity index is 201. The standard InChI is InChI=1S/C11H22BBrO2/c1-9(13)7-6-8-12-14-10(2,3)11(4,5)15-12/h9H,6-8H2,1-5H3. The largest absolute Gasteiger partial charge is 0.457 e. The third-order valence-corrected chi connectivity index (χ3v) is 3.80. The molecule has 0 amide bonds. The van der Waals surface area contributed by atoms with Crippen LogP contribution in [0.15, 0.2) is 0 Å². The molecule has 4 heteroatoms. The summed E-state index contributed by atoms with van der Waals surface area (Å²) < 4.78 is 11.8. The normalized spacial score (nSPS) is 25.6. The molecule has 0 N–H and O–H groups in total. The van der Waals surface area contributed by atoms with Gasteiger partial charge in [0.15, 0.2) is 0 Å². The highest BCUT2D eigenvalue weighted by Gasteiger charge is 2.50. The number of halogens is 1. The van der Waals surface area contributed by atoms with Gasteiger partial charge >= 0.3 is 7.12 Å². The summed E-state index contributed by atoms with van der Waals surface area (Å²) in [5, 5.41) is 0. The predicted molar refractivity (Wildman–Crippen MR) is 68.5 cm³/mol. The number of rotatable bonds is 4. The minimum absolute atomic E-state index is 0.0266. The second-order valence-corrected chi connectivity index (χ2v) is 6.96. The van der Waals surface area contributed by atoms with E-state index in [9.17, 15) is 0 Å². The molecule has 0 spiro atoms. The molecule has 1 aliphatic rings. The SMILES string of the molecule is CC(Br)CCCB1OC(C)(C)C(C)(C)O1. The van der Waals surface area contributed by atoms with Gasteiger partial charge in [0.05, 0.1) is 11.2 Å². The molecule has 0 radical (unpaired) electrons. The van der Waals surface area contributed by atoms with E-state index >= 15 is 0 Å². The molecule has 2 nitrogen and oxygen atoms in total. The Hall–Kier alpha value is 0.465. The molecular weight excluding hydrogens is 255 g/mol. The van der Waals surface area contributed by atoms with Gasteiger partial charge in [-0.25, -0.2) is 0 Å². The lowest BCUT2D eigenvalue weighted by atomic mass is 9.82. The maximum absolute atomic E-state index is 5.91. The van der Waals surface area contributed by atoms with Crippen molar-refractivity contribution in [2.24, 2.45) is 0 Å². The highest BCUT2D eigenvalue weighted by atomic mass is 79.9. The predicted octanol–water partition coefficient (Wildman–Crippen LogP) is 3.64. The fourth-order valence-electron chi connectivity index (χ4n) is 1.65. The lowest BCUT2D eigenvalue weighted by Gasteiger charge is -2.32. The summed E-state index contributed by atoms with van der Waals surface area (Å²) in [4.78, 5) is 0.583. The van der Waals surface area contributed by atoms with Crippen LogP contribution in [0.1, 0.15) is 47.5 Å². The molecule has 0 aromatic heterocycles. The lowest BCUT2D eigenvalue weighted by molar-refractivity contribution is 0.00578.